The van der Waals surface area contributed by atoms with Crippen molar-refractivity contribution in [3.8, 4) is 22.8 Å². The molecule has 60 heavy (non-hydrogen) atoms. The molecule has 2 aromatic heterocycles. The lowest BCUT2D eigenvalue weighted by Gasteiger charge is -2.33. The Morgan fingerprint density at radius 1 is 0.733 bits per heavy atom. The van der Waals surface area contributed by atoms with Gasteiger partial charge in [0.15, 0.2) is 5.65 Å². The van der Waals surface area contributed by atoms with E-state index in [4.69, 9.17) is 15.6 Å². The highest BCUT2D eigenvalue weighted by atomic mass is 16.5. The number of piperidine rings is 2. The predicted octanol–water partition coefficient (Wildman–Crippen LogP) is 4.75. The van der Waals surface area contributed by atoms with E-state index in [1.165, 1.54) is 12.7 Å². The number of hydrogen-bond acceptors (Lipinski definition) is 12. The molecule has 3 N–H and O–H groups in total. The van der Waals surface area contributed by atoms with Crippen molar-refractivity contribution in [2.75, 3.05) is 63.0 Å². The van der Waals surface area contributed by atoms with Crippen LogP contribution in [0.25, 0.3) is 22.3 Å². The lowest BCUT2D eigenvalue weighted by atomic mass is 10.0. The van der Waals surface area contributed by atoms with Gasteiger partial charge in [-0.3, -0.25) is 29.4 Å². The molecule has 5 aliphatic heterocycles. The molecule has 1 unspecified atom stereocenters. The molecule has 15 heteroatoms. The maximum absolute atomic E-state index is 13.4. The molecule has 10 rings (SSSR count). The number of nitrogens with one attached hydrogen (secondary N) is 1. The number of nitrogens with zero attached hydrogens (tertiary/aromatic N) is 8. The Kier molecular flexibility index (Phi) is 10.00. The molecule has 15 nitrogen and oxygen atoms in total. The van der Waals surface area contributed by atoms with E-state index in [0.29, 0.717) is 28.8 Å². The molecule has 5 aromatic rings. The minimum Gasteiger partial charge on any atom is -0.457 e. The molecular weight excluding hydrogens is 761 g/mol. The number of anilines is 2. The summed E-state index contributed by atoms with van der Waals surface area (Å²) in [6.07, 6.45) is 6.00. The van der Waals surface area contributed by atoms with Gasteiger partial charge in [0.05, 0.1) is 22.6 Å². The Morgan fingerprint density at radius 2 is 1.45 bits per heavy atom. The molecule has 0 saturated carbocycles. The van der Waals surface area contributed by atoms with Gasteiger partial charge in [0.2, 0.25) is 11.8 Å². The fourth-order valence-electron chi connectivity index (χ4n) is 9.93. The molecule has 0 aliphatic carbocycles. The smallest absolute Gasteiger partial charge is 0.262 e. The van der Waals surface area contributed by atoms with E-state index in [1.54, 1.807) is 12.1 Å². The van der Waals surface area contributed by atoms with Crippen molar-refractivity contribution in [1.29, 1.82) is 0 Å². The summed E-state index contributed by atoms with van der Waals surface area (Å²) < 4.78 is 8.09. The summed E-state index contributed by atoms with van der Waals surface area (Å²) in [6.45, 7) is 8.12. The van der Waals surface area contributed by atoms with Gasteiger partial charge >= 0.3 is 0 Å². The predicted molar refractivity (Wildman–Crippen MR) is 224 cm³/mol. The largest absolute Gasteiger partial charge is 0.457 e. The van der Waals surface area contributed by atoms with Crippen LogP contribution in [-0.4, -0.2) is 116 Å². The van der Waals surface area contributed by atoms with Gasteiger partial charge in [-0.2, -0.15) is 5.10 Å². The standard InChI is InChI=1S/C45H48N10O5/c46-41-39-40(30-6-9-34(10-7-30)60-33-4-2-1-3-5-33)50-55(42(39)48-27-47-41)31-16-19-51(20-17-31)23-28-14-18-52(24-28)25-29-15-21-53(26-29)32-8-11-35-36(22-32)45(59)54(44(35)58)37-12-13-38(56)49-43(37)57/h1-11,22,27-29,31,37H,12-21,23-26H2,(H2,46,47,48)(H,49,56,57)/t28-,29-,37?/m0/s1. The first-order chi connectivity index (χ1) is 29.3. The van der Waals surface area contributed by atoms with E-state index in [9.17, 15) is 19.2 Å². The van der Waals surface area contributed by atoms with E-state index < -0.39 is 23.8 Å². The minimum atomic E-state index is -0.963. The minimum absolute atomic E-state index is 0.101. The van der Waals surface area contributed by atoms with Crippen LogP contribution in [0.15, 0.2) is 79.1 Å². The van der Waals surface area contributed by atoms with Crippen LogP contribution in [0.3, 0.4) is 0 Å². The van der Waals surface area contributed by atoms with Crippen molar-refractivity contribution in [2.45, 2.75) is 50.6 Å². The molecule has 0 spiro atoms. The monoisotopic (exact) mass is 808 g/mol. The third kappa shape index (κ3) is 7.25. The molecule has 5 aliphatic rings. The average molecular weight is 809 g/mol. The van der Waals surface area contributed by atoms with Crippen LogP contribution in [0.4, 0.5) is 11.5 Å². The molecule has 0 bridgehead atoms. The van der Waals surface area contributed by atoms with Crippen LogP contribution in [0.5, 0.6) is 11.5 Å². The van der Waals surface area contributed by atoms with Crippen LogP contribution in [0, 0.1) is 11.8 Å². The normalized spacial score (nSPS) is 22.9. The number of carbonyl (C=O) groups excluding carboxylic acids is 4. The number of nitrogens with two attached hydrogens (primary N) is 1. The van der Waals surface area contributed by atoms with Gasteiger partial charge in [0.25, 0.3) is 11.8 Å². The number of hydrogen-bond donors (Lipinski definition) is 2. The topological polar surface area (TPSA) is 172 Å². The summed E-state index contributed by atoms with van der Waals surface area (Å²) in [7, 11) is 0. The van der Waals surface area contributed by atoms with Crippen LogP contribution in [0.2, 0.25) is 0 Å². The highest BCUT2D eigenvalue weighted by molar-refractivity contribution is 6.23. The fourth-order valence-corrected chi connectivity index (χ4v) is 9.93. The molecule has 4 saturated heterocycles. The van der Waals surface area contributed by atoms with Crippen molar-refractivity contribution in [3.05, 3.63) is 90.3 Å². The van der Waals surface area contributed by atoms with Crippen LogP contribution < -0.4 is 20.7 Å². The molecule has 4 amide bonds. The van der Waals surface area contributed by atoms with Crippen molar-refractivity contribution in [3.63, 3.8) is 0 Å². The maximum Gasteiger partial charge on any atom is 0.262 e. The van der Waals surface area contributed by atoms with E-state index in [2.05, 4.69) is 34.7 Å². The first-order valence-corrected chi connectivity index (χ1v) is 21.1. The van der Waals surface area contributed by atoms with Gasteiger partial charge in [0.1, 0.15) is 35.4 Å². The summed E-state index contributed by atoms with van der Waals surface area (Å²) >= 11 is 0. The Labute approximate surface area is 347 Å². The first kappa shape index (κ1) is 38.0. The van der Waals surface area contributed by atoms with Gasteiger partial charge in [-0.25, -0.2) is 14.6 Å². The highest BCUT2D eigenvalue weighted by Gasteiger charge is 2.45. The lowest BCUT2D eigenvalue weighted by molar-refractivity contribution is -0.136. The number of para-hydroxylation sites is 1. The first-order valence-electron chi connectivity index (χ1n) is 21.1. The number of fused-ring (bicyclic) bond motifs is 2. The van der Waals surface area contributed by atoms with Crippen molar-refractivity contribution in [2.24, 2.45) is 11.8 Å². The zero-order chi connectivity index (χ0) is 40.9. The summed E-state index contributed by atoms with van der Waals surface area (Å²) in [4.78, 5) is 68.3. The number of aromatic nitrogens is 4. The van der Waals surface area contributed by atoms with Gasteiger partial charge < -0.3 is 25.2 Å². The lowest BCUT2D eigenvalue weighted by Crippen LogP contribution is -2.54. The van der Waals surface area contributed by atoms with E-state index in [-0.39, 0.29) is 24.8 Å². The Balaban J connectivity index is 0.718. The van der Waals surface area contributed by atoms with E-state index >= 15 is 0 Å². The quantitative estimate of drug-likeness (QED) is 0.186. The second-order valence-electron chi connectivity index (χ2n) is 16.9. The number of amides is 4. The number of likely N-dealkylation sites (tertiary alicyclic amines) is 2. The highest BCUT2D eigenvalue weighted by Crippen LogP contribution is 2.37. The van der Waals surface area contributed by atoms with Crippen LogP contribution >= 0.6 is 0 Å². The zero-order valence-corrected chi connectivity index (χ0v) is 33.4. The Morgan fingerprint density at radius 3 is 2.25 bits per heavy atom. The zero-order valence-electron chi connectivity index (χ0n) is 33.4. The summed E-state index contributed by atoms with van der Waals surface area (Å²) in [5, 5.41) is 8.17. The average Bonchev–Trinajstić information content (AvgIpc) is 4.06. The molecule has 4 fully saturated rings. The van der Waals surface area contributed by atoms with Crippen molar-refractivity contribution < 1.29 is 23.9 Å². The SMILES string of the molecule is Nc1ncnc2c1c(-c1ccc(Oc3ccccc3)cc1)nn2C1CCN(C[C@@H]2CCN(C[C@@H]3CCN(c4ccc5c(c4)C(=O)N(C4CCC(=O)NC4=O)C5=O)C3)C2)CC1. The molecule has 308 valence electrons. The van der Waals surface area contributed by atoms with E-state index in [1.807, 2.05) is 60.7 Å². The summed E-state index contributed by atoms with van der Waals surface area (Å²) in [6, 6.07) is 22.3. The second kappa shape index (κ2) is 15.8. The third-order valence-corrected chi connectivity index (χ3v) is 13.0. The number of ether oxygens (including phenoxy) is 1. The third-order valence-electron chi connectivity index (χ3n) is 13.0. The van der Waals surface area contributed by atoms with Crippen molar-refractivity contribution in [1.82, 2.24) is 39.8 Å². The Hall–Kier alpha value is -6.19. The molecule has 0 radical (unpaired) electrons. The molecule has 3 aromatic carbocycles. The molecule has 3 atom stereocenters. The summed E-state index contributed by atoms with van der Waals surface area (Å²) in [5.74, 6) is 1.18. The van der Waals surface area contributed by atoms with Gasteiger partial charge in [0, 0.05) is 63.5 Å². The van der Waals surface area contributed by atoms with Gasteiger partial charge in [-0.1, -0.05) is 18.2 Å². The van der Waals surface area contributed by atoms with Crippen LogP contribution in [0.1, 0.15) is 65.3 Å². The molecule has 7 heterocycles. The number of nitrogen functional groups attached to an aromatic ring is 1. The van der Waals surface area contributed by atoms with Crippen molar-refractivity contribution >= 4 is 46.2 Å². The number of imide groups is 2. The van der Waals surface area contributed by atoms with E-state index in [0.717, 1.165) is 116 Å². The number of benzene rings is 3. The maximum atomic E-state index is 13.4. The van der Waals surface area contributed by atoms with Gasteiger partial charge in [-0.05, 0) is 105 Å². The summed E-state index contributed by atoms with van der Waals surface area (Å²) in [5.41, 5.74) is 10.5. The van der Waals surface area contributed by atoms with Gasteiger partial charge in [-0.15, -0.1) is 0 Å². The Bertz CT molecular complexity index is 2470. The fraction of sp³-hybridized carbons (Fsp3) is 0.400. The number of carbonyl (C=O) groups is 4. The van der Waals surface area contributed by atoms with Crippen LogP contribution in [-0.2, 0) is 9.59 Å². The number of rotatable bonds is 10. The molecular formula is C45H48N10O5. The second-order valence-corrected chi connectivity index (χ2v) is 16.9.